The van der Waals surface area contributed by atoms with E-state index in [1.807, 2.05) is 12.1 Å². The molecule has 0 atom stereocenters. The number of nitrogens with one attached hydrogen (secondary N) is 1. The van der Waals surface area contributed by atoms with E-state index in [1.54, 1.807) is 37.6 Å². The Morgan fingerprint density at radius 3 is 2.58 bits per heavy atom. The quantitative estimate of drug-likeness (QED) is 0.455. The van der Waals surface area contributed by atoms with Gasteiger partial charge in [-0.1, -0.05) is 26.0 Å². The van der Waals surface area contributed by atoms with Crippen LogP contribution >= 0.6 is 0 Å². The van der Waals surface area contributed by atoms with Crippen molar-refractivity contribution >= 4 is 21.3 Å². The van der Waals surface area contributed by atoms with Gasteiger partial charge < -0.3 is 19.7 Å². The van der Waals surface area contributed by atoms with Gasteiger partial charge in [0.25, 0.3) is 5.91 Å². The summed E-state index contributed by atoms with van der Waals surface area (Å²) in [4.78, 5) is 19.2. The minimum atomic E-state index is -3.60. The number of amides is 1. The number of hydrogen-bond donors (Lipinski definition) is 1. The minimum Gasteiger partial charge on any atom is -0.493 e. The largest absolute Gasteiger partial charge is 0.493 e. The molecule has 3 aromatic rings. The normalized spacial score (nSPS) is 11.7. The smallest absolute Gasteiger partial charge is 0.272 e. The maximum atomic E-state index is 12.8. The number of imidazole rings is 1. The molecule has 1 amide bonds. The SMILES string of the molecule is CCN(CC)CCOc1ccc(CNC(=O)c2nc(S(C)(=O)=O)n3ccccc23)cc1OC. The number of ether oxygens (including phenoxy) is 2. The number of pyridine rings is 1. The first kappa shape index (κ1) is 24.5. The van der Waals surface area contributed by atoms with Crippen molar-refractivity contribution in [2.24, 2.45) is 0 Å². The summed E-state index contributed by atoms with van der Waals surface area (Å²) in [5.74, 6) is 0.748. The summed E-state index contributed by atoms with van der Waals surface area (Å²) < 4.78 is 36.9. The number of carbonyl (C=O) groups excluding carboxylic acids is 1. The van der Waals surface area contributed by atoms with Gasteiger partial charge in [0.15, 0.2) is 17.2 Å². The van der Waals surface area contributed by atoms with Crippen molar-refractivity contribution in [3.05, 3.63) is 53.9 Å². The second-order valence-electron chi connectivity index (χ2n) is 7.51. The van der Waals surface area contributed by atoms with Crippen LogP contribution in [0.2, 0.25) is 0 Å². The predicted molar refractivity (Wildman–Crippen MR) is 126 cm³/mol. The number of nitrogens with zero attached hydrogens (tertiary/aromatic N) is 3. The molecule has 1 aromatic carbocycles. The molecule has 0 saturated carbocycles. The molecule has 0 bridgehead atoms. The van der Waals surface area contributed by atoms with Crippen molar-refractivity contribution in [2.45, 2.75) is 25.5 Å². The van der Waals surface area contributed by atoms with Crippen LogP contribution in [0.15, 0.2) is 47.8 Å². The zero-order chi connectivity index (χ0) is 24.0. The third kappa shape index (κ3) is 5.82. The van der Waals surface area contributed by atoms with Crippen molar-refractivity contribution in [3.8, 4) is 11.5 Å². The molecule has 0 aliphatic carbocycles. The lowest BCUT2D eigenvalue weighted by molar-refractivity contribution is 0.0947. The number of carbonyl (C=O) groups is 1. The number of rotatable bonds is 11. The highest BCUT2D eigenvalue weighted by molar-refractivity contribution is 7.90. The first-order valence-corrected chi connectivity index (χ1v) is 12.6. The fourth-order valence-electron chi connectivity index (χ4n) is 3.47. The topological polar surface area (TPSA) is 102 Å². The van der Waals surface area contributed by atoms with Crippen LogP contribution in [0.5, 0.6) is 11.5 Å². The molecule has 33 heavy (non-hydrogen) atoms. The van der Waals surface area contributed by atoms with Crippen molar-refractivity contribution < 1.29 is 22.7 Å². The van der Waals surface area contributed by atoms with Crippen molar-refractivity contribution in [3.63, 3.8) is 0 Å². The van der Waals surface area contributed by atoms with Gasteiger partial charge in [-0.25, -0.2) is 13.4 Å². The lowest BCUT2D eigenvalue weighted by Crippen LogP contribution is -2.28. The van der Waals surface area contributed by atoms with Crippen LogP contribution in [-0.4, -0.2) is 68.2 Å². The van der Waals surface area contributed by atoms with E-state index in [0.29, 0.717) is 23.6 Å². The predicted octanol–water partition coefficient (Wildman–Crippen LogP) is 2.40. The number of hydrogen-bond acceptors (Lipinski definition) is 7. The Labute approximate surface area is 194 Å². The molecule has 3 rings (SSSR count). The number of sulfone groups is 1. The molecule has 178 valence electrons. The number of benzene rings is 1. The average molecular weight is 475 g/mol. The van der Waals surface area contributed by atoms with E-state index >= 15 is 0 Å². The molecule has 0 fully saturated rings. The number of likely N-dealkylation sites (N-methyl/N-ethyl adjacent to an activating group) is 1. The summed E-state index contributed by atoms with van der Waals surface area (Å²) in [6, 6.07) is 10.5. The highest BCUT2D eigenvalue weighted by atomic mass is 32.2. The third-order valence-electron chi connectivity index (χ3n) is 5.30. The fraction of sp³-hybridized carbons (Fsp3) is 0.391. The Morgan fingerprint density at radius 2 is 1.91 bits per heavy atom. The van der Waals surface area contributed by atoms with Gasteiger partial charge in [0.2, 0.25) is 15.0 Å². The first-order valence-electron chi connectivity index (χ1n) is 10.8. The molecule has 0 radical (unpaired) electrons. The van der Waals surface area contributed by atoms with Crippen molar-refractivity contribution in [2.75, 3.05) is 39.6 Å². The summed E-state index contributed by atoms with van der Waals surface area (Å²) in [6.07, 6.45) is 2.63. The lowest BCUT2D eigenvalue weighted by Gasteiger charge is -2.19. The third-order valence-corrected chi connectivity index (χ3v) is 6.25. The molecular formula is C23H30N4O5S. The van der Waals surface area contributed by atoms with Crippen LogP contribution < -0.4 is 14.8 Å². The lowest BCUT2D eigenvalue weighted by atomic mass is 10.2. The molecule has 0 aliphatic rings. The van der Waals surface area contributed by atoms with Gasteiger partial charge >= 0.3 is 0 Å². The Hall–Kier alpha value is -3.11. The highest BCUT2D eigenvalue weighted by Crippen LogP contribution is 2.28. The number of aromatic nitrogens is 2. The summed E-state index contributed by atoms with van der Waals surface area (Å²) >= 11 is 0. The Morgan fingerprint density at radius 1 is 1.15 bits per heavy atom. The minimum absolute atomic E-state index is 0.0549. The monoisotopic (exact) mass is 474 g/mol. The highest BCUT2D eigenvalue weighted by Gasteiger charge is 2.22. The van der Waals surface area contributed by atoms with E-state index in [1.165, 1.54) is 4.40 Å². The standard InChI is InChI=1S/C23H30N4O5S/c1-5-26(6-2)13-14-32-19-11-10-17(15-20(19)31-3)16-24-22(28)21-18-9-7-8-12-27(18)23(25-21)33(4,29)30/h7-12,15H,5-6,13-14,16H2,1-4H3,(H,24,28). The van der Waals surface area contributed by atoms with E-state index in [-0.39, 0.29) is 17.4 Å². The fourth-order valence-corrected chi connectivity index (χ4v) is 4.24. The van der Waals surface area contributed by atoms with Gasteiger partial charge in [-0.15, -0.1) is 0 Å². The van der Waals surface area contributed by atoms with Crippen LogP contribution in [0.3, 0.4) is 0 Å². The van der Waals surface area contributed by atoms with E-state index in [0.717, 1.165) is 31.5 Å². The Kier molecular flexibility index (Phi) is 7.93. The van der Waals surface area contributed by atoms with Gasteiger partial charge in [0.1, 0.15) is 6.61 Å². The van der Waals surface area contributed by atoms with E-state index < -0.39 is 15.7 Å². The molecule has 2 heterocycles. The summed E-state index contributed by atoms with van der Waals surface area (Å²) in [7, 11) is -2.03. The Balaban J connectivity index is 1.71. The van der Waals surface area contributed by atoms with Crippen LogP contribution in [0.4, 0.5) is 0 Å². The zero-order valence-corrected chi connectivity index (χ0v) is 20.2. The molecule has 10 heteroatoms. The summed E-state index contributed by atoms with van der Waals surface area (Å²) in [5.41, 5.74) is 1.28. The maximum Gasteiger partial charge on any atom is 0.272 e. The van der Waals surface area contributed by atoms with Gasteiger partial charge in [-0.2, -0.15) is 0 Å². The molecule has 0 saturated heterocycles. The van der Waals surface area contributed by atoms with Crippen LogP contribution in [-0.2, 0) is 16.4 Å². The summed E-state index contributed by atoms with van der Waals surface area (Å²) in [5, 5.41) is 2.63. The number of fused-ring (bicyclic) bond motifs is 1. The van der Waals surface area contributed by atoms with E-state index in [2.05, 4.69) is 29.0 Å². The molecule has 0 aliphatic heterocycles. The van der Waals surface area contributed by atoms with Gasteiger partial charge in [-0.3, -0.25) is 9.20 Å². The van der Waals surface area contributed by atoms with Crippen molar-refractivity contribution in [1.82, 2.24) is 19.6 Å². The van der Waals surface area contributed by atoms with Gasteiger partial charge in [0, 0.05) is 25.5 Å². The van der Waals surface area contributed by atoms with Crippen LogP contribution in [0.1, 0.15) is 29.9 Å². The molecule has 1 N–H and O–H groups in total. The summed E-state index contributed by atoms with van der Waals surface area (Å²) in [6.45, 7) is 7.74. The second kappa shape index (κ2) is 10.7. The van der Waals surface area contributed by atoms with E-state index in [9.17, 15) is 13.2 Å². The van der Waals surface area contributed by atoms with Crippen molar-refractivity contribution in [1.29, 1.82) is 0 Å². The average Bonchev–Trinajstić information content (AvgIpc) is 3.21. The number of methoxy groups -OCH3 is 1. The van der Waals surface area contributed by atoms with E-state index in [4.69, 9.17) is 9.47 Å². The molecule has 2 aromatic heterocycles. The molecule has 0 unspecified atom stereocenters. The van der Waals surface area contributed by atoms with Gasteiger partial charge in [-0.05, 0) is 42.9 Å². The first-order chi connectivity index (χ1) is 15.8. The van der Waals surface area contributed by atoms with Crippen LogP contribution in [0, 0.1) is 0 Å². The molecular weight excluding hydrogens is 444 g/mol. The molecule has 0 spiro atoms. The second-order valence-corrected chi connectivity index (χ2v) is 9.42. The maximum absolute atomic E-state index is 12.8. The van der Waals surface area contributed by atoms with Gasteiger partial charge in [0.05, 0.1) is 12.6 Å². The van der Waals surface area contributed by atoms with Crippen LogP contribution in [0.25, 0.3) is 5.52 Å². The zero-order valence-electron chi connectivity index (χ0n) is 19.4. The Bertz CT molecular complexity index is 1220. The molecule has 9 nitrogen and oxygen atoms in total.